The first-order valence-electron chi connectivity index (χ1n) is 5.63. The van der Waals surface area contributed by atoms with Gasteiger partial charge in [0.2, 0.25) is 0 Å². The number of nitrogens with zero attached hydrogens (tertiary/aromatic N) is 2. The summed E-state index contributed by atoms with van der Waals surface area (Å²) in [6.07, 6.45) is 4.17. The van der Waals surface area contributed by atoms with Gasteiger partial charge in [-0.1, -0.05) is 25.2 Å². The van der Waals surface area contributed by atoms with E-state index in [2.05, 4.69) is 33.7 Å². The molecule has 0 spiro atoms. The molecule has 0 aliphatic carbocycles. The van der Waals surface area contributed by atoms with Gasteiger partial charge in [0.1, 0.15) is 10.7 Å². The Balaban J connectivity index is 2.25. The molecule has 0 aromatic carbocycles. The Morgan fingerprint density at radius 1 is 1.50 bits per heavy atom. The zero-order valence-corrected chi connectivity index (χ0v) is 11.6. The number of thiocarbonyl (C=S) groups is 1. The molecular formula is C12H14N4S2. The van der Waals surface area contributed by atoms with Crippen molar-refractivity contribution in [2.75, 3.05) is 5.32 Å². The van der Waals surface area contributed by atoms with Crippen molar-refractivity contribution in [1.82, 2.24) is 9.97 Å². The van der Waals surface area contributed by atoms with Crippen molar-refractivity contribution in [3.05, 3.63) is 40.5 Å². The molecule has 2 rings (SSSR count). The van der Waals surface area contributed by atoms with E-state index in [4.69, 9.17) is 18.0 Å². The molecule has 4 nitrogen and oxygen atoms in total. The molecular weight excluding hydrogens is 264 g/mol. The molecule has 6 heteroatoms. The molecule has 3 N–H and O–H groups in total. The predicted molar refractivity (Wildman–Crippen MR) is 78.9 cm³/mol. The monoisotopic (exact) mass is 278 g/mol. The maximum Gasteiger partial charge on any atom is 0.155 e. The maximum atomic E-state index is 5.64. The van der Waals surface area contributed by atoms with Crippen LogP contribution in [0, 0.1) is 0 Å². The average Bonchev–Trinajstić information content (AvgIpc) is 2.90. The number of nitrogens with one attached hydrogen (secondary N) is 1. The van der Waals surface area contributed by atoms with Crippen LogP contribution in [0.25, 0.3) is 0 Å². The third kappa shape index (κ3) is 2.83. The van der Waals surface area contributed by atoms with Gasteiger partial charge in [-0.3, -0.25) is 0 Å². The van der Waals surface area contributed by atoms with E-state index in [1.807, 2.05) is 6.07 Å². The van der Waals surface area contributed by atoms with Gasteiger partial charge in [0, 0.05) is 17.3 Å². The van der Waals surface area contributed by atoms with Crippen LogP contribution >= 0.6 is 23.6 Å². The lowest BCUT2D eigenvalue weighted by Gasteiger charge is -2.17. The van der Waals surface area contributed by atoms with Gasteiger partial charge in [0.15, 0.2) is 5.82 Å². The molecule has 2 aromatic heterocycles. The second kappa shape index (κ2) is 5.88. The van der Waals surface area contributed by atoms with Crippen LogP contribution in [0.4, 0.5) is 5.82 Å². The number of nitrogens with two attached hydrogens (primary N) is 1. The lowest BCUT2D eigenvalue weighted by Crippen LogP contribution is -2.18. The van der Waals surface area contributed by atoms with Gasteiger partial charge in [-0.2, -0.15) is 0 Å². The second-order valence-corrected chi connectivity index (χ2v) is 5.16. The molecule has 0 saturated heterocycles. The van der Waals surface area contributed by atoms with Crippen LogP contribution in [0.1, 0.15) is 30.0 Å². The quantitative estimate of drug-likeness (QED) is 0.823. The highest BCUT2D eigenvalue weighted by Crippen LogP contribution is 2.26. The van der Waals surface area contributed by atoms with Crippen LogP contribution in [0.3, 0.4) is 0 Å². The fourth-order valence-corrected chi connectivity index (χ4v) is 2.66. The SMILES string of the molecule is CCC(Nc1nccnc1C(N)=S)c1cccs1. The van der Waals surface area contributed by atoms with Crippen molar-refractivity contribution >= 4 is 34.4 Å². The number of rotatable bonds is 5. The van der Waals surface area contributed by atoms with Crippen LogP contribution in [-0.4, -0.2) is 15.0 Å². The Bertz CT molecular complexity index is 525. The Hall–Kier alpha value is -1.53. The smallest absolute Gasteiger partial charge is 0.155 e. The number of aromatic nitrogens is 2. The molecule has 18 heavy (non-hydrogen) atoms. The first kappa shape index (κ1) is 12.9. The van der Waals surface area contributed by atoms with Crippen LogP contribution in [0.2, 0.25) is 0 Å². The molecule has 0 bridgehead atoms. The molecule has 0 saturated carbocycles. The molecule has 94 valence electrons. The minimum Gasteiger partial charge on any atom is -0.388 e. The van der Waals surface area contributed by atoms with Gasteiger partial charge < -0.3 is 11.1 Å². The summed E-state index contributed by atoms with van der Waals surface area (Å²) in [6.45, 7) is 2.12. The Morgan fingerprint density at radius 3 is 2.89 bits per heavy atom. The van der Waals surface area contributed by atoms with Gasteiger partial charge in [0.25, 0.3) is 0 Å². The summed E-state index contributed by atoms with van der Waals surface area (Å²) in [6, 6.07) is 4.34. The van der Waals surface area contributed by atoms with Crippen LogP contribution in [0.5, 0.6) is 0 Å². The van der Waals surface area contributed by atoms with Crippen LogP contribution < -0.4 is 11.1 Å². The summed E-state index contributed by atoms with van der Waals surface area (Å²) >= 11 is 6.69. The Kier molecular flexibility index (Phi) is 4.22. The highest BCUT2D eigenvalue weighted by atomic mass is 32.1. The van der Waals surface area contributed by atoms with E-state index in [0.29, 0.717) is 11.5 Å². The van der Waals surface area contributed by atoms with E-state index in [1.54, 1.807) is 23.7 Å². The molecule has 1 unspecified atom stereocenters. The first-order valence-corrected chi connectivity index (χ1v) is 6.92. The van der Waals surface area contributed by atoms with Crippen molar-refractivity contribution in [1.29, 1.82) is 0 Å². The zero-order valence-electron chi connectivity index (χ0n) is 9.96. The average molecular weight is 278 g/mol. The van der Waals surface area contributed by atoms with E-state index in [9.17, 15) is 0 Å². The molecule has 2 aromatic rings. The third-order valence-corrected chi connectivity index (χ3v) is 3.72. The summed E-state index contributed by atoms with van der Waals surface area (Å²) in [5, 5.41) is 5.41. The third-order valence-electron chi connectivity index (χ3n) is 2.54. The summed E-state index contributed by atoms with van der Waals surface area (Å²) in [4.78, 5) is 9.94. The van der Waals surface area contributed by atoms with E-state index < -0.39 is 0 Å². The highest BCUT2D eigenvalue weighted by molar-refractivity contribution is 7.80. The van der Waals surface area contributed by atoms with E-state index in [-0.39, 0.29) is 11.0 Å². The molecule has 2 heterocycles. The van der Waals surface area contributed by atoms with Crippen LogP contribution in [-0.2, 0) is 0 Å². The summed E-state index contributed by atoms with van der Waals surface area (Å²) in [5.41, 5.74) is 6.19. The van der Waals surface area contributed by atoms with Crippen molar-refractivity contribution in [2.45, 2.75) is 19.4 Å². The molecule has 0 fully saturated rings. The number of hydrogen-bond donors (Lipinski definition) is 2. The summed E-state index contributed by atoms with van der Waals surface area (Å²) < 4.78 is 0. The van der Waals surface area contributed by atoms with Gasteiger partial charge in [0.05, 0.1) is 6.04 Å². The van der Waals surface area contributed by atoms with Crippen molar-refractivity contribution < 1.29 is 0 Å². The minimum atomic E-state index is 0.204. The summed E-state index contributed by atoms with van der Waals surface area (Å²) in [7, 11) is 0. The molecule has 1 atom stereocenters. The topological polar surface area (TPSA) is 63.8 Å². The second-order valence-electron chi connectivity index (χ2n) is 3.74. The fourth-order valence-electron chi connectivity index (χ4n) is 1.65. The molecule has 0 aliphatic rings. The standard InChI is InChI=1S/C12H14N4S2/c1-2-8(9-4-3-7-18-9)16-12-10(11(13)17)14-5-6-15-12/h3-8H,2H2,1H3,(H2,13,17)(H,15,16). The van der Waals surface area contributed by atoms with Crippen molar-refractivity contribution in [3.8, 4) is 0 Å². The van der Waals surface area contributed by atoms with Crippen LogP contribution in [0.15, 0.2) is 29.9 Å². The number of anilines is 1. The Labute approximate surface area is 115 Å². The van der Waals surface area contributed by atoms with Gasteiger partial charge >= 0.3 is 0 Å². The van der Waals surface area contributed by atoms with E-state index >= 15 is 0 Å². The largest absolute Gasteiger partial charge is 0.388 e. The minimum absolute atomic E-state index is 0.204. The van der Waals surface area contributed by atoms with Gasteiger partial charge in [-0.25, -0.2) is 9.97 Å². The van der Waals surface area contributed by atoms with Gasteiger partial charge in [-0.05, 0) is 17.9 Å². The fraction of sp³-hybridized carbons (Fsp3) is 0.250. The normalized spacial score (nSPS) is 12.1. The van der Waals surface area contributed by atoms with Crippen molar-refractivity contribution in [3.63, 3.8) is 0 Å². The molecule has 0 radical (unpaired) electrons. The highest BCUT2D eigenvalue weighted by Gasteiger charge is 2.14. The van der Waals surface area contributed by atoms with Gasteiger partial charge in [-0.15, -0.1) is 11.3 Å². The summed E-state index contributed by atoms with van der Waals surface area (Å²) in [5.74, 6) is 0.644. The van der Waals surface area contributed by atoms with E-state index in [0.717, 1.165) is 6.42 Å². The lowest BCUT2D eigenvalue weighted by molar-refractivity contribution is 0.757. The lowest BCUT2D eigenvalue weighted by atomic mass is 10.2. The molecule has 0 aliphatic heterocycles. The first-order chi connectivity index (χ1) is 8.72. The number of thiophene rings is 1. The van der Waals surface area contributed by atoms with Crippen molar-refractivity contribution in [2.24, 2.45) is 5.73 Å². The predicted octanol–water partition coefficient (Wildman–Crippen LogP) is 2.74. The maximum absolute atomic E-state index is 5.64. The van der Waals surface area contributed by atoms with E-state index in [1.165, 1.54) is 4.88 Å². The zero-order chi connectivity index (χ0) is 13.0. The molecule has 0 amide bonds. The Morgan fingerprint density at radius 2 is 2.28 bits per heavy atom. The number of hydrogen-bond acceptors (Lipinski definition) is 5.